The Bertz CT molecular complexity index is 770. The molecule has 0 saturated heterocycles. The first-order chi connectivity index (χ1) is 10.2. The van der Waals surface area contributed by atoms with Crippen molar-refractivity contribution in [3.63, 3.8) is 0 Å². The second-order valence-electron chi connectivity index (χ2n) is 4.30. The van der Waals surface area contributed by atoms with Crippen molar-refractivity contribution in [2.75, 3.05) is 0 Å². The summed E-state index contributed by atoms with van der Waals surface area (Å²) in [7, 11) is -4.46. The van der Waals surface area contributed by atoms with Crippen LogP contribution in [0.25, 0.3) is 0 Å². The average molecular weight is 332 g/mol. The fraction of sp³-hybridized carbons (Fsp3) is 0.143. The van der Waals surface area contributed by atoms with Crippen LogP contribution in [-0.4, -0.2) is 14.8 Å². The van der Waals surface area contributed by atoms with Gasteiger partial charge in [-0.25, -0.2) is 0 Å². The molecule has 0 heterocycles. The molecule has 0 amide bonds. The predicted molar refractivity (Wildman–Crippen MR) is 72.1 cm³/mol. The summed E-state index contributed by atoms with van der Waals surface area (Å²) in [4.78, 5) is -0.699. The van der Waals surface area contributed by atoms with Crippen LogP contribution in [-0.2, 0) is 10.1 Å². The molecule has 0 bridgehead atoms. The summed E-state index contributed by atoms with van der Waals surface area (Å²) in [5.41, 5.74) is 0.528. The molecule has 2 rings (SSSR count). The fourth-order valence-electron chi connectivity index (χ4n) is 1.68. The number of ether oxygens (including phenoxy) is 1. The van der Waals surface area contributed by atoms with E-state index in [2.05, 4.69) is 4.74 Å². The number of rotatable bonds is 4. The standard InChI is InChI=1S/C14H11F3O4S/c1-10-6-2-3-7-11(10)21-22(18,19)13-9-5-4-8-12(13)20-14(15,16)17/h2-9H,1H3. The van der Waals surface area contributed by atoms with Gasteiger partial charge in [-0.2, -0.15) is 8.42 Å². The Morgan fingerprint density at radius 2 is 1.45 bits per heavy atom. The molecule has 8 heteroatoms. The van der Waals surface area contributed by atoms with Crippen LogP contribution in [0.2, 0.25) is 0 Å². The molecule has 0 aliphatic heterocycles. The van der Waals surface area contributed by atoms with Crippen molar-refractivity contribution in [3.05, 3.63) is 54.1 Å². The summed E-state index contributed by atoms with van der Waals surface area (Å²) in [6.07, 6.45) is -5.01. The number of hydrogen-bond acceptors (Lipinski definition) is 4. The van der Waals surface area contributed by atoms with Gasteiger partial charge in [-0.1, -0.05) is 30.3 Å². The van der Waals surface area contributed by atoms with Crippen LogP contribution in [0, 0.1) is 6.92 Å². The summed E-state index contributed by atoms with van der Waals surface area (Å²) < 4.78 is 70.0. The van der Waals surface area contributed by atoms with E-state index in [-0.39, 0.29) is 5.75 Å². The number of hydrogen-bond donors (Lipinski definition) is 0. The van der Waals surface area contributed by atoms with Crippen LogP contribution in [0.4, 0.5) is 13.2 Å². The van der Waals surface area contributed by atoms with Crippen molar-refractivity contribution in [1.82, 2.24) is 0 Å². The zero-order valence-corrected chi connectivity index (χ0v) is 12.1. The molecule has 118 valence electrons. The molecule has 2 aromatic rings. The topological polar surface area (TPSA) is 52.6 Å². The number of aryl methyl sites for hydroxylation is 1. The highest BCUT2D eigenvalue weighted by molar-refractivity contribution is 7.87. The Labute approximate surface area is 125 Å². The SMILES string of the molecule is Cc1ccccc1OS(=O)(=O)c1ccccc1OC(F)(F)F. The quantitative estimate of drug-likeness (QED) is 0.802. The molecule has 0 radical (unpaired) electrons. The molecule has 22 heavy (non-hydrogen) atoms. The third-order valence-corrected chi connectivity index (χ3v) is 3.91. The summed E-state index contributed by atoms with van der Waals surface area (Å²) in [5, 5.41) is 0. The first-order valence-electron chi connectivity index (χ1n) is 6.04. The van der Waals surface area contributed by atoms with E-state index in [0.717, 1.165) is 12.1 Å². The Kier molecular flexibility index (Phi) is 4.32. The average Bonchev–Trinajstić information content (AvgIpc) is 2.40. The van der Waals surface area contributed by atoms with Crippen LogP contribution in [0.3, 0.4) is 0 Å². The molecule has 0 spiro atoms. The minimum Gasteiger partial charge on any atom is -0.404 e. The van der Waals surface area contributed by atoms with Crippen molar-refractivity contribution >= 4 is 10.1 Å². The van der Waals surface area contributed by atoms with Crippen molar-refractivity contribution < 1.29 is 30.5 Å². The summed E-state index contributed by atoms with van der Waals surface area (Å²) in [6.45, 7) is 1.61. The molecule has 0 atom stereocenters. The second-order valence-corrected chi connectivity index (χ2v) is 5.81. The highest BCUT2D eigenvalue weighted by atomic mass is 32.2. The molecular formula is C14H11F3O4S. The van der Waals surface area contributed by atoms with E-state index in [0.29, 0.717) is 5.56 Å². The maximum Gasteiger partial charge on any atom is 0.573 e. The van der Waals surface area contributed by atoms with E-state index in [1.807, 2.05) is 0 Å². The van der Waals surface area contributed by atoms with Gasteiger partial charge in [0.15, 0.2) is 5.75 Å². The van der Waals surface area contributed by atoms with Gasteiger partial charge in [0.25, 0.3) is 0 Å². The third-order valence-electron chi connectivity index (χ3n) is 2.64. The minimum absolute atomic E-state index is 0.0318. The molecule has 2 aromatic carbocycles. The fourth-order valence-corrected chi connectivity index (χ4v) is 2.79. The molecule has 4 nitrogen and oxygen atoms in total. The molecule has 0 unspecified atom stereocenters. The lowest BCUT2D eigenvalue weighted by Crippen LogP contribution is -2.20. The van der Waals surface area contributed by atoms with E-state index >= 15 is 0 Å². The molecule has 0 fully saturated rings. The smallest absolute Gasteiger partial charge is 0.404 e. The third kappa shape index (κ3) is 3.91. The van der Waals surface area contributed by atoms with E-state index in [1.54, 1.807) is 25.1 Å². The first-order valence-corrected chi connectivity index (χ1v) is 7.45. The highest BCUT2D eigenvalue weighted by Crippen LogP contribution is 2.31. The Balaban J connectivity index is 2.40. The number of benzene rings is 2. The molecular weight excluding hydrogens is 321 g/mol. The van der Waals surface area contributed by atoms with Crippen molar-refractivity contribution in [2.24, 2.45) is 0 Å². The van der Waals surface area contributed by atoms with Gasteiger partial charge in [-0.3, -0.25) is 0 Å². The van der Waals surface area contributed by atoms with Crippen LogP contribution in [0.15, 0.2) is 53.4 Å². The van der Waals surface area contributed by atoms with Crippen molar-refractivity contribution in [2.45, 2.75) is 18.2 Å². The van der Waals surface area contributed by atoms with Crippen molar-refractivity contribution in [3.8, 4) is 11.5 Å². The first kappa shape index (κ1) is 16.2. The Morgan fingerprint density at radius 3 is 2.05 bits per heavy atom. The van der Waals surface area contributed by atoms with Crippen LogP contribution in [0.1, 0.15) is 5.56 Å². The minimum atomic E-state index is -5.01. The lowest BCUT2D eigenvalue weighted by atomic mass is 10.2. The largest absolute Gasteiger partial charge is 0.573 e. The monoisotopic (exact) mass is 332 g/mol. The van der Waals surface area contributed by atoms with Crippen LogP contribution >= 0.6 is 0 Å². The van der Waals surface area contributed by atoms with Gasteiger partial charge in [0, 0.05) is 0 Å². The van der Waals surface area contributed by atoms with Crippen LogP contribution in [0.5, 0.6) is 11.5 Å². The molecule has 0 saturated carbocycles. The van der Waals surface area contributed by atoms with Gasteiger partial charge in [0.05, 0.1) is 0 Å². The van der Waals surface area contributed by atoms with Gasteiger partial charge < -0.3 is 8.92 Å². The van der Waals surface area contributed by atoms with Gasteiger partial charge in [0.1, 0.15) is 10.6 Å². The maximum absolute atomic E-state index is 12.3. The zero-order chi connectivity index (χ0) is 16.4. The summed E-state index contributed by atoms with van der Waals surface area (Å²) in [5.74, 6) is -0.812. The predicted octanol–water partition coefficient (Wildman–Crippen LogP) is 3.66. The van der Waals surface area contributed by atoms with E-state index in [9.17, 15) is 21.6 Å². The lowest BCUT2D eigenvalue weighted by Gasteiger charge is -2.14. The Hall–Kier alpha value is -2.22. The Morgan fingerprint density at radius 1 is 0.909 bits per heavy atom. The number of alkyl halides is 3. The zero-order valence-electron chi connectivity index (χ0n) is 11.3. The summed E-state index contributed by atoms with van der Waals surface area (Å²) >= 11 is 0. The highest BCUT2D eigenvalue weighted by Gasteiger charge is 2.34. The van der Waals surface area contributed by atoms with Gasteiger partial charge in [-0.05, 0) is 30.7 Å². The molecule has 0 N–H and O–H groups in total. The maximum atomic E-state index is 12.3. The van der Waals surface area contributed by atoms with Gasteiger partial charge in [0.2, 0.25) is 0 Å². The van der Waals surface area contributed by atoms with E-state index in [4.69, 9.17) is 4.18 Å². The van der Waals surface area contributed by atoms with Crippen LogP contribution < -0.4 is 8.92 Å². The molecule has 0 aliphatic carbocycles. The van der Waals surface area contributed by atoms with Gasteiger partial charge >= 0.3 is 16.5 Å². The van der Waals surface area contributed by atoms with E-state index < -0.39 is 27.1 Å². The second kappa shape index (κ2) is 5.88. The summed E-state index contributed by atoms with van der Waals surface area (Å²) in [6, 6.07) is 10.6. The van der Waals surface area contributed by atoms with Gasteiger partial charge in [-0.15, -0.1) is 13.2 Å². The number of halogens is 3. The molecule has 0 aromatic heterocycles. The van der Waals surface area contributed by atoms with E-state index in [1.165, 1.54) is 18.2 Å². The van der Waals surface area contributed by atoms with Crippen molar-refractivity contribution in [1.29, 1.82) is 0 Å². The normalized spacial score (nSPS) is 12.0. The molecule has 0 aliphatic rings. The lowest BCUT2D eigenvalue weighted by molar-refractivity contribution is -0.275. The number of para-hydroxylation sites is 2.